The summed E-state index contributed by atoms with van der Waals surface area (Å²) in [7, 11) is 1.53. The zero-order valence-electron chi connectivity index (χ0n) is 16.7. The van der Waals surface area contributed by atoms with Gasteiger partial charge >= 0.3 is 0 Å². The summed E-state index contributed by atoms with van der Waals surface area (Å²) >= 11 is 0. The Morgan fingerprint density at radius 1 is 1.21 bits per heavy atom. The fourth-order valence-corrected chi connectivity index (χ4v) is 3.89. The van der Waals surface area contributed by atoms with Gasteiger partial charge in [-0.25, -0.2) is 0 Å². The summed E-state index contributed by atoms with van der Waals surface area (Å²) in [4.78, 5) is 18.4. The first-order chi connectivity index (χ1) is 13.5. The Balaban J connectivity index is 1.75. The van der Waals surface area contributed by atoms with Crippen LogP contribution >= 0.6 is 0 Å². The maximum Gasteiger partial charge on any atom is 0.248 e. The van der Waals surface area contributed by atoms with Crippen LogP contribution in [0.1, 0.15) is 25.3 Å². The summed E-state index contributed by atoms with van der Waals surface area (Å²) in [6, 6.07) is 12.6. The van der Waals surface area contributed by atoms with E-state index in [-0.39, 0.29) is 43.2 Å². The van der Waals surface area contributed by atoms with Crippen molar-refractivity contribution in [3.8, 4) is 11.1 Å². The molecule has 150 valence electrons. The minimum absolute atomic E-state index is 0.000723. The summed E-state index contributed by atoms with van der Waals surface area (Å²) < 4.78 is 5.02. The number of hydrogen-bond acceptors (Lipinski definition) is 5. The van der Waals surface area contributed by atoms with E-state index in [2.05, 4.69) is 34.6 Å². The predicted molar refractivity (Wildman–Crippen MR) is 109 cm³/mol. The third-order valence-corrected chi connectivity index (χ3v) is 5.39. The van der Waals surface area contributed by atoms with Gasteiger partial charge < -0.3 is 20.1 Å². The van der Waals surface area contributed by atoms with Crippen molar-refractivity contribution in [2.45, 2.75) is 37.9 Å². The molecular formula is C22H29N3O3. The molecule has 0 spiro atoms. The molecule has 6 nitrogen and oxygen atoms in total. The lowest BCUT2D eigenvalue weighted by atomic mass is 9.77. The van der Waals surface area contributed by atoms with Crippen LogP contribution in [0, 0.1) is 0 Å². The number of carbonyl (C=O) groups is 1. The molecule has 2 N–H and O–H groups in total. The number of benzene rings is 1. The van der Waals surface area contributed by atoms with E-state index in [9.17, 15) is 9.90 Å². The molecule has 0 radical (unpaired) electrons. The Morgan fingerprint density at radius 2 is 1.96 bits per heavy atom. The van der Waals surface area contributed by atoms with Gasteiger partial charge in [0.2, 0.25) is 5.91 Å². The van der Waals surface area contributed by atoms with Crippen LogP contribution in [-0.4, -0.2) is 65.9 Å². The second-order valence-corrected chi connectivity index (χ2v) is 7.52. The molecule has 1 aliphatic heterocycles. The molecule has 3 rings (SSSR count). The van der Waals surface area contributed by atoms with Crippen molar-refractivity contribution in [2.24, 2.45) is 0 Å². The molecule has 1 aromatic carbocycles. The first kappa shape index (κ1) is 20.5. The van der Waals surface area contributed by atoms with Gasteiger partial charge in [-0.3, -0.25) is 9.78 Å². The van der Waals surface area contributed by atoms with Crippen molar-refractivity contribution < 1.29 is 14.6 Å². The van der Waals surface area contributed by atoms with E-state index in [4.69, 9.17) is 4.74 Å². The van der Waals surface area contributed by atoms with E-state index >= 15 is 0 Å². The van der Waals surface area contributed by atoms with Crippen LogP contribution in [0.25, 0.3) is 11.1 Å². The monoisotopic (exact) mass is 383 g/mol. The molecule has 1 aliphatic rings. The third kappa shape index (κ3) is 4.41. The maximum absolute atomic E-state index is 12.4. The molecule has 1 aromatic heterocycles. The maximum atomic E-state index is 12.4. The van der Waals surface area contributed by atoms with Crippen LogP contribution in [0.2, 0.25) is 0 Å². The van der Waals surface area contributed by atoms with Crippen molar-refractivity contribution in [3.05, 3.63) is 54.4 Å². The Hall–Kier alpha value is -2.28. The number of rotatable bonds is 8. The van der Waals surface area contributed by atoms with E-state index in [0.717, 1.165) is 11.1 Å². The summed E-state index contributed by atoms with van der Waals surface area (Å²) in [5.41, 5.74) is 3.35. The first-order valence-electron chi connectivity index (χ1n) is 9.70. The highest BCUT2D eigenvalue weighted by Crippen LogP contribution is 2.34. The van der Waals surface area contributed by atoms with Crippen LogP contribution in [0.3, 0.4) is 0 Å². The lowest BCUT2D eigenvalue weighted by molar-refractivity contribution is -0.138. The van der Waals surface area contributed by atoms with E-state index in [0.29, 0.717) is 6.54 Å². The molecule has 0 unspecified atom stereocenters. The molecule has 1 fully saturated rings. The number of methoxy groups -OCH3 is 1. The number of ether oxygens (including phenoxy) is 1. The van der Waals surface area contributed by atoms with Crippen LogP contribution in [0.5, 0.6) is 0 Å². The summed E-state index contributed by atoms with van der Waals surface area (Å²) in [5, 5.41) is 13.1. The van der Waals surface area contributed by atoms with Gasteiger partial charge in [-0.05, 0) is 36.6 Å². The Kier molecular flexibility index (Phi) is 6.78. The number of hydrogen-bond donors (Lipinski definition) is 2. The summed E-state index contributed by atoms with van der Waals surface area (Å²) in [6.07, 6.45) is 3.61. The number of pyridine rings is 1. The third-order valence-electron chi connectivity index (χ3n) is 5.39. The molecule has 28 heavy (non-hydrogen) atoms. The topological polar surface area (TPSA) is 74.7 Å². The van der Waals surface area contributed by atoms with Crippen molar-refractivity contribution in [2.75, 3.05) is 26.9 Å². The van der Waals surface area contributed by atoms with E-state index in [1.165, 1.54) is 12.7 Å². The molecule has 0 aliphatic carbocycles. The van der Waals surface area contributed by atoms with E-state index < -0.39 is 0 Å². The Morgan fingerprint density at radius 3 is 2.54 bits per heavy atom. The van der Waals surface area contributed by atoms with Gasteiger partial charge in [0.15, 0.2) is 0 Å². The van der Waals surface area contributed by atoms with E-state index in [1.54, 1.807) is 6.20 Å². The second-order valence-electron chi connectivity index (χ2n) is 7.52. The molecule has 1 saturated heterocycles. The number of nitrogens with one attached hydrogen (secondary N) is 1. The Labute approximate surface area is 166 Å². The molecule has 2 aromatic rings. The average molecular weight is 383 g/mol. The largest absolute Gasteiger partial charge is 0.395 e. The quantitative estimate of drug-likeness (QED) is 0.730. The SMILES string of the molecule is COCC(=O)N(C[C@H]1N[C@H](CO)[C@H]1c1ccc(-c2cccnc2)cc1)C(C)C. The number of carbonyl (C=O) groups excluding carboxylic acids is 1. The van der Waals surface area contributed by atoms with Crippen molar-refractivity contribution in [1.29, 1.82) is 0 Å². The van der Waals surface area contributed by atoms with Crippen molar-refractivity contribution in [3.63, 3.8) is 0 Å². The van der Waals surface area contributed by atoms with Crippen molar-refractivity contribution >= 4 is 5.91 Å². The number of amides is 1. The summed E-state index contributed by atoms with van der Waals surface area (Å²) in [6.45, 7) is 4.75. The predicted octanol–water partition coefficient (Wildman–Crippen LogP) is 2.05. The smallest absolute Gasteiger partial charge is 0.248 e. The first-order valence-corrected chi connectivity index (χ1v) is 9.70. The molecular weight excluding hydrogens is 354 g/mol. The van der Waals surface area contributed by atoms with Crippen LogP contribution in [0.4, 0.5) is 0 Å². The number of nitrogens with zero attached hydrogens (tertiary/aromatic N) is 2. The molecule has 2 heterocycles. The lowest BCUT2D eigenvalue weighted by Gasteiger charge is -2.48. The van der Waals surface area contributed by atoms with Gasteiger partial charge in [0.05, 0.1) is 6.61 Å². The fraction of sp³-hybridized carbons (Fsp3) is 0.455. The van der Waals surface area contributed by atoms with Crippen LogP contribution in [0.15, 0.2) is 48.8 Å². The van der Waals surface area contributed by atoms with Gasteiger partial charge in [-0.2, -0.15) is 0 Å². The summed E-state index contributed by atoms with van der Waals surface area (Å²) in [5.74, 6) is 0.141. The van der Waals surface area contributed by atoms with Crippen molar-refractivity contribution in [1.82, 2.24) is 15.2 Å². The Bertz CT molecular complexity index is 764. The number of aliphatic hydroxyl groups excluding tert-OH is 1. The standard InChI is InChI=1S/C22H29N3O3/c1-15(2)25(21(27)14-28-3)12-19-22(20(13-26)24-19)17-8-6-16(7-9-17)18-5-4-10-23-11-18/h4-11,15,19-20,22,24,26H,12-14H2,1-3H3/t19-,20-,22+/m1/s1. The van der Waals surface area contributed by atoms with Crippen LogP contribution in [-0.2, 0) is 9.53 Å². The average Bonchev–Trinajstić information content (AvgIpc) is 2.68. The normalized spacial score (nSPS) is 21.4. The second kappa shape index (κ2) is 9.28. The van der Waals surface area contributed by atoms with Gasteiger partial charge in [0.25, 0.3) is 0 Å². The fourth-order valence-electron chi connectivity index (χ4n) is 3.89. The lowest BCUT2D eigenvalue weighted by Crippen LogP contribution is -2.65. The van der Waals surface area contributed by atoms with Gasteiger partial charge in [-0.1, -0.05) is 30.3 Å². The van der Waals surface area contributed by atoms with Crippen LogP contribution < -0.4 is 5.32 Å². The van der Waals surface area contributed by atoms with Gasteiger partial charge in [0, 0.05) is 50.1 Å². The molecule has 0 bridgehead atoms. The zero-order valence-corrected chi connectivity index (χ0v) is 16.7. The minimum atomic E-state index is -0.0163. The highest BCUT2D eigenvalue weighted by Gasteiger charge is 2.42. The van der Waals surface area contributed by atoms with E-state index in [1.807, 2.05) is 37.1 Å². The van der Waals surface area contributed by atoms with Gasteiger partial charge in [0.1, 0.15) is 6.61 Å². The highest BCUT2D eigenvalue weighted by molar-refractivity contribution is 5.77. The zero-order chi connectivity index (χ0) is 20.1. The number of aromatic nitrogens is 1. The molecule has 3 atom stereocenters. The highest BCUT2D eigenvalue weighted by atomic mass is 16.5. The number of aliphatic hydroxyl groups is 1. The molecule has 6 heteroatoms. The molecule has 0 saturated carbocycles. The van der Waals surface area contributed by atoms with Gasteiger partial charge in [-0.15, -0.1) is 0 Å². The molecule has 1 amide bonds. The minimum Gasteiger partial charge on any atom is -0.395 e.